The van der Waals surface area contributed by atoms with Gasteiger partial charge in [0.05, 0.1) is 12.2 Å². The first-order chi connectivity index (χ1) is 13.2. The normalized spacial score (nSPS) is 51.7. The van der Waals surface area contributed by atoms with Crippen molar-refractivity contribution in [1.82, 2.24) is 0 Å². The molecule has 4 rings (SSSR count). The Kier molecular flexibility index (Phi) is 5.36. The first-order valence-electron chi connectivity index (χ1n) is 11.7. The van der Waals surface area contributed by atoms with Gasteiger partial charge in [0.25, 0.3) is 0 Å². The molecule has 10 atom stereocenters. The largest absolute Gasteiger partial charge is 0.481 e. The van der Waals surface area contributed by atoms with E-state index in [0.29, 0.717) is 35.5 Å². The standard InChI is InChI=1S/C24H40O4/c1-14(4-7-21(27)28)17-5-6-18-22-19(9-11-24(17,18)3)23(2)10-8-16(25)12-15(23)13-20(22)26/h14-20,22,25-26H,4-13H2,1-3H3,(H,27,28)/t14-,15+,16-,17?,18?,19?,20-,22?,23+,24-/m1/s1. The van der Waals surface area contributed by atoms with Crippen molar-refractivity contribution in [3.05, 3.63) is 0 Å². The first-order valence-corrected chi connectivity index (χ1v) is 11.7. The minimum atomic E-state index is -0.684. The molecule has 0 amide bonds. The molecule has 0 aliphatic heterocycles. The molecule has 4 aliphatic carbocycles. The summed E-state index contributed by atoms with van der Waals surface area (Å²) in [5.41, 5.74) is 0.523. The molecule has 0 bridgehead atoms. The summed E-state index contributed by atoms with van der Waals surface area (Å²) in [6.07, 6.45) is 9.19. The van der Waals surface area contributed by atoms with Gasteiger partial charge < -0.3 is 15.3 Å². The lowest BCUT2D eigenvalue weighted by Gasteiger charge is -2.62. The third-order valence-corrected chi connectivity index (χ3v) is 10.2. The van der Waals surface area contributed by atoms with E-state index in [9.17, 15) is 15.0 Å². The minimum absolute atomic E-state index is 0.179. The number of hydrogen-bond acceptors (Lipinski definition) is 3. The number of aliphatic carboxylic acids is 1. The number of aliphatic hydroxyl groups excluding tert-OH is 2. The van der Waals surface area contributed by atoms with Crippen LogP contribution in [0.4, 0.5) is 0 Å². The zero-order valence-electron chi connectivity index (χ0n) is 17.9. The molecule has 0 saturated heterocycles. The van der Waals surface area contributed by atoms with E-state index >= 15 is 0 Å². The van der Waals surface area contributed by atoms with Crippen LogP contribution >= 0.6 is 0 Å². The van der Waals surface area contributed by atoms with Crippen LogP contribution in [0.15, 0.2) is 0 Å². The highest BCUT2D eigenvalue weighted by molar-refractivity contribution is 5.66. The van der Waals surface area contributed by atoms with Gasteiger partial charge in [-0.3, -0.25) is 4.79 Å². The van der Waals surface area contributed by atoms with Gasteiger partial charge in [-0.15, -0.1) is 0 Å². The fourth-order valence-electron chi connectivity index (χ4n) is 8.73. The summed E-state index contributed by atoms with van der Waals surface area (Å²) in [6.45, 7) is 7.16. The Bertz CT molecular complexity index is 605. The second-order valence-electron chi connectivity index (χ2n) is 11.4. The molecule has 0 radical (unpaired) electrons. The highest BCUT2D eigenvalue weighted by atomic mass is 16.4. The van der Waals surface area contributed by atoms with Crippen molar-refractivity contribution in [2.24, 2.45) is 46.3 Å². The average molecular weight is 393 g/mol. The van der Waals surface area contributed by atoms with Crippen LogP contribution in [0.3, 0.4) is 0 Å². The predicted molar refractivity (Wildman–Crippen MR) is 109 cm³/mol. The lowest BCUT2D eigenvalue weighted by molar-refractivity contribution is -0.174. The van der Waals surface area contributed by atoms with Gasteiger partial charge in [-0.2, -0.15) is 0 Å². The van der Waals surface area contributed by atoms with Crippen LogP contribution in [0.5, 0.6) is 0 Å². The Balaban J connectivity index is 1.55. The van der Waals surface area contributed by atoms with Crippen LogP contribution in [0.25, 0.3) is 0 Å². The highest BCUT2D eigenvalue weighted by Gasteiger charge is 2.62. The lowest BCUT2D eigenvalue weighted by Crippen LogP contribution is -2.58. The Hall–Kier alpha value is -0.610. The van der Waals surface area contributed by atoms with Gasteiger partial charge in [-0.25, -0.2) is 0 Å². The zero-order chi connectivity index (χ0) is 20.3. The number of aliphatic hydroxyl groups is 2. The number of rotatable bonds is 4. The molecule has 4 heteroatoms. The molecule has 160 valence electrons. The van der Waals surface area contributed by atoms with Crippen molar-refractivity contribution in [2.45, 2.75) is 97.2 Å². The molecular formula is C24H40O4. The Labute approximate surface area is 170 Å². The van der Waals surface area contributed by atoms with Gasteiger partial charge >= 0.3 is 5.97 Å². The summed E-state index contributed by atoms with van der Waals surface area (Å²) in [5.74, 6) is 2.36. The number of carboxylic acid groups (broad SMARTS) is 1. The van der Waals surface area contributed by atoms with E-state index < -0.39 is 5.97 Å². The van der Waals surface area contributed by atoms with E-state index in [-0.39, 0.29) is 29.5 Å². The number of carboxylic acids is 1. The molecule has 4 saturated carbocycles. The van der Waals surface area contributed by atoms with Crippen LogP contribution in [0.2, 0.25) is 0 Å². The van der Waals surface area contributed by atoms with Crippen LogP contribution in [-0.2, 0) is 4.79 Å². The minimum Gasteiger partial charge on any atom is -0.481 e. The summed E-state index contributed by atoms with van der Waals surface area (Å²) >= 11 is 0. The van der Waals surface area contributed by atoms with Gasteiger partial charge in [-0.05, 0) is 104 Å². The summed E-state index contributed by atoms with van der Waals surface area (Å²) in [4.78, 5) is 11.1. The predicted octanol–water partition coefficient (Wildman–Crippen LogP) is 4.48. The Morgan fingerprint density at radius 1 is 1.00 bits per heavy atom. The third-order valence-electron chi connectivity index (χ3n) is 10.2. The van der Waals surface area contributed by atoms with Crippen molar-refractivity contribution in [2.75, 3.05) is 0 Å². The first kappa shape index (κ1) is 20.7. The van der Waals surface area contributed by atoms with E-state index in [4.69, 9.17) is 5.11 Å². The Morgan fingerprint density at radius 3 is 2.39 bits per heavy atom. The lowest BCUT2D eigenvalue weighted by atomic mass is 9.43. The summed E-state index contributed by atoms with van der Waals surface area (Å²) in [7, 11) is 0. The molecule has 4 nitrogen and oxygen atoms in total. The molecule has 0 aromatic carbocycles. The summed E-state index contributed by atoms with van der Waals surface area (Å²) in [5, 5.41) is 30.5. The van der Waals surface area contributed by atoms with Crippen molar-refractivity contribution >= 4 is 5.97 Å². The number of carbonyl (C=O) groups is 1. The van der Waals surface area contributed by atoms with Crippen LogP contribution in [0, 0.1) is 46.3 Å². The highest BCUT2D eigenvalue weighted by Crippen LogP contribution is 2.68. The number of fused-ring (bicyclic) bond motifs is 5. The van der Waals surface area contributed by atoms with Crippen molar-refractivity contribution < 1.29 is 20.1 Å². The monoisotopic (exact) mass is 392 g/mol. The molecule has 4 fully saturated rings. The molecule has 28 heavy (non-hydrogen) atoms. The maximum Gasteiger partial charge on any atom is 0.303 e. The van der Waals surface area contributed by atoms with Crippen molar-refractivity contribution in [3.8, 4) is 0 Å². The summed E-state index contributed by atoms with van der Waals surface area (Å²) < 4.78 is 0. The molecule has 3 N–H and O–H groups in total. The molecule has 0 spiro atoms. The van der Waals surface area contributed by atoms with Gasteiger partial charge in [0.2, 0.25) is 0 Å². The van der Waals surface area contributed by atoms with Crippen molar-refractivity contribution in [1.29, 1.82) is 0 Å². The topological polar surface area (TPSA) is 77.8 Å². The van der Waals surface area contributed by atoms with Gasteiger partial charge in [-0.1, -0.05) is 20.8 Å². The van der Waals surface area contributed by atoms with E-state index in [1.54, 1.807) is 0 Å². The molecule has 4 aliphatic rings. The van der Waals surface area contributed by atoms with Gasteiger partial charge in [0.1, 0.15) is 0 Å². The maximum atomic E-state index is 11.2. The summed E-state index contributed by atoms with van der Waals surface area (Å²) in [6, 6.07) is 0. The molecule has 0 aromatic heterocycles. The van der Waals surface area contributed by atoms with Gasteiger partial charge in [0, 0.05) is 6.42 Å². The van der Waals surface area contributed by atoms with Gasteiger partial charge in [0.15, 0.2) is 0 Å². The smallest absolute Gasteiger partial charge is 0.303 e. The quantitative estimate of drug-likeness (QED) is 0.659. The molecule has 0 aromatic rings. The van der Waals surface area contributed by atoms with Crippen molar-refractivity contribution in [3.63, 3.8) is 0 Å². The van der Waals surface area contributed by atoms with Crippen LogP contribution < -0.4 is 0 Å². The fraction of sp³-hybridized carbons (Fsp3) is 0.958. The fourth-order valence-corrected chi connectivity index (χ4v) is 8.73. The molecule has 0 heterocycles. The van der Waals surface area contributed by atoms with E-state index in [2.05, 4.69) is 20.8 Å². The third kappa shape index (κ3) is 3.14. The van der Waals surface area contributed by atoms with Crippen LogP contribution in [0.1, 0.15) is 85.0 Å². The van der Waals surface area contributed by atoms with E-state index in [0.717, 1.165) is 32.1 Å². The average Bonchev–Trinajstić information content (AvgIpc) is 2.98. The molecule has 4 unspecified atom stereocenters. The Morgan fingerprint density at radius 2 is 1.68 bits per heavy atom. The van der Waals surface area contributed by atoms with E-state index in [1.165, 1.54) is 25.7 Å². The van der Waals surface area contributed by atoms with E-state index in [1.807, 2.05) is 0 Å². The second-order valence-corrected chi connectivity index (χ2v) is 11.4. The SMILES string of the molecule is C[C@H](CCC(=O)O)C1CCC2C3C(CC[C@@]21C)[C@@]1(C)CC[C@@H](O)C[C@H]1C[C@H]3O. The van der Waals surface area contributed by atoms with Crippen LogP contribution in [-0.4, -0.2) is 33.5 Å². The number of hydrogen-bond donors (Lipinski definition) is 3. The second kappa shape index (κ2) is 7.27. The zero-order valence-corrected chi connectivity index (χ0v) is 17.9. The molecular weight excluding hydrogens is 352 g/mol. The maximum absolute atomic E-state index is 11.2.